The third-order valence-corrected chi connectivity index (χ3v) is 1.18. The first-order chi connectivity index (χ1) is 4.77. The van der Waals surface area contributed by atoms with E-state index in [2.05, 4.69) is 4.52 Å². The van der Waals surface area contributed by atoms with Gasteiger partial charge in [0.1, 0.15) is 6.61 Å². The van der Waals surface area contributed by atoms with Crippen LogP contribution in [-0.2, 0) is 9.09 Å². The maximum Gasteiger partial charge on any atom is 0.469 e. The van der Waals surface area contributed by atoms with E-state index < -0.39 is 26.8 Å². The van der Waals surface area contributed by atoms with Crippen molar-refractivity contribution < 1.29 is 34.2 Å². The smallest absolute Gasteiger partial charge is 0.391 e. The Morgan fingerprint density at radius 3 is 2.09 bits per heavy atom. The predicted molar refractivity (Wildman–Crippen MR) is 32.3 cm³/mol. The van der Waals surface area contributed by atoms with Crippen LogP contribution in [0.3, 0.4) is 0 Å². The molecule has 5 N–H and O–H groups in total. The third kappa shape index (κ3) is 6.39. The molecule has 0 aliphatic heterocycles. The summed E-state index contributed by atoms with van der Waals surface area (Å²) in [6.07, 6.45) is 0. The lowest BCUT2D eigenvalue weighted by atomic mass is 10.3. The van der Waals surface area contributed by atoms with Crippen LogP contribution in [0, 0.1) is 0 Å². The Kier molecular flexibility index (Phi) is 3.59. The van der Waals surface area contributed by atoms with Crippen molar-refractivity contribution in [3.05, 3.63) is 0 Å². The highest BCUT2D eigenvalue weighted by molar-refractivity contribution is 7.46. The van der Waals surface area contributed by atoms with Crippen LogP contribution in [0.5, 0.6) is 0 Å². The summed E-state index contributed by atoms with van der Waals surface area (Å²) in [5, 5.41) is 25.2. The zero-order valence-electron chi connectivity index (χ0n) is 5.41. The molecule has 0 heterocycles. The summed E-state index contributed by atoms with van der Waals surface area (Å²) < 4.78 is 13.7. The van der Waals surface area contributed by atoms with Gasteiger partial charge in [-0.2, -0.15) is 0 Å². The quantitative estimate of drug-likeness (QED) is 0.249. The van der Waals surface area contributed by atoms with Crippen molar-refractivity contribution >= 4 is 7.82 Å². The maximum atomic E-state index is 9.96. The van der Waals surface area contributed by atoms with Gasteiger partial charge in [0.15, 0.2) is 0 Å². The zero-order chi connectivity index (χ0) is 9.12. The molecule has 0 aliphatic carbocycles. The van der Waals surface area contributed by atoms with Crippen molar-refractivity contribution in [2.24, 2.45) is 0 Å². The van der Waals surface area contributed by atoms with E-state index in [0.29, 0.717) is 0 Å². The van der Waals surface area contributed by atoms with Crippen molar-refractivity contribution in [3.63, 3.8) is 0 Å². The van der Waals surface area contributed by atoms with E-state index in [4.69, 9.17) is 25.1 Å². The Labute approximate surface area is 62.1 Å². The molecule has 68 valence electrons. The van der Waals surface area contributed by atoms with Gasteiger partial charge in [-0.15, -0.1) is 0 Å². The lowest BCUT2D eigenvalue weighted by Crippen LogP contribution is -2.37. The molecule has 0 atom stereocenters. The van der Waals surface area contributed by atoms with Gasteiger partial charge in [0, 0.05) is 0 Å². The molecule has 0 radical (unpaired) electrons. The summed E-state index contributed by atoms with van der Waals surface area (Å²) in [4.78, 5) is 16.1. The average Bonchev–Trinajstić information content (AvgIpc) is 1.83. The summed E-state index contributed by atoms with van der Waals surface area (Å²) in [5.74, 6) is -2.61. The fourth-order valence-electron chi connectivity index (χ4n) is 0.233. The van der Waals surface area contributed by atoms with Gasteiger partial charge < -0.3 is 25.1 Å². The molecule has 0 saturated heterocycles. The molecule has 0 aromatic heterocycles. The first-order valence-electron chi connectivity index (χ1n) is 2.52. The van der Waals surface area contributed by atoms with E-state index >= 15 is 0 Å². The third-order valence-electron chi connectivity index (χ3n) is 0.717. The molecule has 0 aromatic carbocycles. The lowest BCUT2D eigenvalue weighted by molar-refractivity contribution is -0.205. The minimum absolute atomic E-state index is 1.05. The minimum atomic E-state index is -4.71. The molecular formula is C3H9O7P. The molecule has 11 heavy (non-hydrogen) atoms. The van der Waals surface area contributed by atoms with Gasteiger partial charge in [-0.1, -0.05) is 0 Å². The van der Waals surface area contributed by atoms with Gasteiger partial charge in [0.05, 0.1) is 6.61 Å². The van der Waals surface area contributed by atoms with Gasteiger partial charge >= 0.3 is 7.82 Å². The number of phosphoric ester groups is 1. The number of aliphatic hydroxyl groups is 3. The summed E-state index contributed by atoms with van der Waals surface area (Å²) in [7, 11) is -4.71. The Bertz CT molecular complexity index is 159. The van der Waals surface area contributed by atoms with E-state index in [-0.39, 0.29) is 0 Å². The zero-order valence-corrected chi connectivity index (χ0v) is 6.31. The molecule has 8 heteroatoms. The highest BCUT2D eigenvalue weighted by Gasteiger charge is 2.27. The van der Waals surface area contributed by atoms with Crippen LogP contribution in [0.2, 0.25) is 0 Å². The summed E-state index contributed by atoms with van der Waals surface area (Å²) in [5.41, 5.74) is 0. The van der Waals surface area contributed by atoms with Crippen molar-refractivity contribution in [2.75, 3.05) is 13.2 Å². The van der Waals surface area contributed by atoms with Crippen LogP contribution in [0.4, 0.5) is 0 Å². The Hall–Kier alpha value is -0.0100. The van der Waals surface area contributed by atoms with Gasteiger partial charge in [-0.05, 0) is 0 Å². The maximum absolute atomic E-state index is 9.96. The van der Waals surface area contributed by atoms with E-state index in [1.54, 1.807) is 0 Å². The average molecular weight is 188 g/mol. The Balaban J connectivity index is 3.80. The van der Waals surface area contributed by atoms with Crippen molar-refractivity contribution in [1.82, 2.24) is 0 Å². The van der Waals surface area contributed by atoms with E-state index in [1.807, 2.05) is 0 Å². The molecule has 0 amide bonds. The van der Waals surface area contributed by atoms with Crippen molar-refractivity contribution in [3.8, 4) is 0 Å². The van der Waals surface area contributed by atoms with Crippen LogP contribution in [-0.4, -0.2) is 44.1 Å². The SMILES string of the molecule is O=P(O)(O)OCC(O)(O)CO. The van der Waals surface area contributed by atoms with E-state index in [0.717, 1.165) is 0 Å². The van der Waals surface area contributed by atoms with Crippen LogP contribution in [0.1, 0.15) is 0 Å². The highest BCUT2D eigenvalue weighted by atomic mass is 31.2. The molecule has 0 aromatic rings. The van der Waals surface area contributed by atoms with Gasteiger partial charge in [0.2, 0.25) is 5.79 Å². The molecule has 0 unspecified atom stereocenters. The molecule has 7 nitrogen and oxygen atoms in total. The molecule has 0 bridgehead atoms. The van der Waals surface area contributed by atoms with Gasteiger partial charge in [0.25, 0.3) is 0 Å². The highest BCUT2D eigenvalue weighted by Crippen LogP contribution is 2.36. The molecular weight excluding hydrogens is 179 g/mol. The molecule has 0 saturated carbocycles. The van der Waals surface area contributed by atoms with Gasteiger partial charge in [-0.3, -0.25) is 4.52 Å². The molecule has 0 spiro atoms. The number of hydrogen-bond donors (Lipinski definition) is 5. The van der Waals surface area contributed by atoms with Crippen molar-refractivity contribution in [2.45, 2.75) is 5.79 Å². The normalized spacial score (nSPS) is 13.5. The monoisotopic (exact) mass is 188 g/mol. The summed E-state index contributed by atoms with van der Waals surface area (Å²) >= 11 is 0. The van der Waals surface area contributed by atoms with Crippen molar-refractivity contribution in [1.29, 1.82) is 0 Å². The number of aliphatic hydroxyl groups excluding tert-OH is 1. The minimum Gasteiger partial charge on any atom is -0.391 e. The van der Waals surface area contributed by atoms with Gasteiger partial charge in [-0.25, -0.2) is 4.57 Å². The number of hydrogen-bond acceptors (Lipinski definition) is 5. The number of phosphoric acid groups is 1. The second-order valence-electron chi connectivity index (χ2n) is 1.90. The first kappa shape index (κ1) is 11.0. The van der Waals surface area contributed by atoms with Crippen LogP contribution >= 0.6 is 7.82 Å². The molecule has 0 fully saturated rings. The topological polar surface area (TPSA) is 127 Å². The predicted octanol–water partition coefficient (Wildman–Crippen LogP) is -2.23. The fraction of sp³-hybridized carbons (Fsp3) is 1.00. The standard InChI is InChI=1S/C3H9O7P/c4-1-3(5,6)2-10-11(7,8)9/h4-6H,1-2H2,(H2,7,8,9). The second kappa shape index (κ2) is 3.59. The lowest BCUT2D eigenvalue weighted by Gasteiger charge is -2.18. The van der Waals surface area contributed by atoms with Crippen LogP contribution in [0.15, 0.2) is 0 Å². The Morgan fingerprint density at radius 2 is 1.82 bits per heavy atom. The largest absolute Gasteiger partial charge is 0.469 e. The summed E-state index contributed by atoms with van der Waals surface area (Å²) in [6.45, 7) is -2.11. The first-order valence-corrected chi connectivity index (χ1v) is 4.05. The number of rotatable bonds is 4. The molecule has 0 rings (SSSR count). The van der Waals surface area contributed by atoms with Crippen LogP contribution < -0.4 is 0 Å². The van der Waals surface area contributed by atoms with E-state index in [9.17, 15) is 4.57 Å². The fourth-order valence-corrected chi connectivity index (χ4v) is 0.608. The Morgan fingerprint density at radius 1 is 1.36 bits per heavy atom. The van der Waals surface area contributed by atoms with E-state index in [1.165, 1.54) is 0 Å². The van der Waals surface area contributed by atoms with Crippen LogP contribution in [0.25, 0.3) is 0 Å². The second-order valence-corrected chi connectivity index (χ2v) is 3.14. The molecule has 0 aliphatic rings. The summed E-state index contributed by atoms with van der Waals surface area (Å²) in [6, 6.07) is 0.